The van der Waals surface area contributed by atoms with Gasteiger partial charge in [-0.05, 0) is 26.5 Å². The van der Waals surface area contributed by atoms with Gasteiger partial charge in [-0.1, -0.05) is 29.8 Å². The molecule has 3 nitrogen and oxygen atoms in total. The molecule has 156 valence electrons. The third kappa shape index (κ3) is 8.59. The average Bonchev–Trinajstić information content (AvgIpc) is 3.27. The average molecular weight is 445 g/mol. The van der Waals surface area contributed by atoms with Gasteiger partial charge in [-0.2, -0.15) is 37.4 Å². The van der Waals surface area contributed by atoms with E-state index in [4.69, 9.17) is 4.74 Å². The van der Waals surface area contributed by atoms with Crippen LogP contribution in [0.4, 0.5) is 23.7 Å². The number of carbonyl (C=O) groups excluding carboxylic acids is 1. The molecule has 0 aliphatic heterocycles. The van der Waals surface area contributed by atoms with Crippen molar-refractivity contribution in [2.45, 2.75) is 32.5 Å². The topological polar surface area (TPSA) is 38.3 Å². The van der Waals surface area contributed by atoms with E-state index >= 15 is 0 Å². The van der Waals surface area contributed by atoms with Gasteiger partial charge in [0, 0.05) is 0 Å². The Morgan fingerprint density at radius 3 is 2.03 bits per heavy atom. The van der Waals surface area contributed by atoms with Gasteiger partial charge in [-0.15, -0.1) is 17.7 Å². The Morgan fingerprint density at radius 1 is 1.00 bits per heavy atom. The van der Waals surface area contributed by atoms with Crippen molar-refractivity contribution in [1.29, 1.82) is 0 Å². The summed E-state index contributed by atoms with van der Waals surface area (Å²) in [6, 6.07) is 19.9. The second-order valence-electron chi connectivity index (χ2n) is 7.05. The van der Waals surface area contributed by atoms with Crippen LogP contribution in [0.1, 0.15) is 26.3 Å². The van der Waals surface area contributed by atoms with Crippen LogP contribution >= 0.6 is 0 Å². The molecule has 3 aromatic carbocycles. The van der Waals surface area contributed by atoms with Crippen molar-refractivity contribution in [2.75, 3.05) is 5.32 Å². The van der Waals surface area contributed by atoms with E-state index in [1.807, 2.05) is 30.3 Å². The fraction of sp³-hybridized carbons (Fsp3) is 0.227. The van der Waals surface area contributed by atoms with Crippen LogP contribution in [-0.4, -0.2) is 11.7 Å². The summed E-state index contributed by atoms with van der Waals surface area (Å²) in [5.41, 5.74) is 0.571. The third-order valence-electron chi connectivity index (χ3n) is 3.50. The van der Waals surface area contributed by atoms with Gasteiger partial charge >= 0.3 is 29.3 Å². The molecule has 3 aromatic rings. The van der Waals surface area contributed by atoms with Crippen molar-refractivity contribution in [2.24, 2.45) is 0 Å². The Hall–Kier alpha value is -2.50. The largest absolute Gasteiger partial charge is 2.00 e. The number of carbonyl (C=O) groups is 1. The zero-order chi connectivity index (χ0) is 20.8. The van der Waals surface area contributed by atoms with Crippen LogP contribution in [0.25, 0.3) is 11.1 Å². The molecule has 0 unspecified atom stereocenters. The van der Waals surface area contributed by atoms with E-state index in [0.717, 1.165) is 12.1 Å². The first-order valence-electron chi connectivity index (χ1n) is 8.66. The first kappa shape index (κ1) is 24.5. The third-order valence-corrected chi connectivity index (χ3v) is 3.50. The molecule has 0 aliphatic carbocycles. The molecule has 0 aromatic heterocycles. The molecule has 0 saturated carbocycles. The van der Waals surface area contributed by atoms with Gasteiger partial charge < -0.3 is 10.1 Å². The zero-order valence-corrected chi connectivity index (χ0v) is 17.3. The monoisotopic (exact) mass is 445 g/mol. The second kappa shape index (κ2) is 10.3. The SMILES string of the molecule is CC(C)(C)OC(=O)N[c-]1ccc(-c2ccc(C(F)(F)F)cc2)c1.[Fe+2].c1cc[cH-]c1. The number of amides is 1. The molecule has 7 heteroatoms. The number of hydrogen-bond acceptors (Lipinski definition) is 2. The number of halogens is 3. The van der Waals surface area contributed by atoms with E-state index in [9.17, 15) is 18.0 Å². The molecule has 0 radical (unpaired) electrons. The molecule has 0 atom stereocenters. The van der Waals surface area contributed by atoms with Crippen molar-refractivity contribution in [3.05, 3.63) is 78.4 Å². The predicted molar refractivity (Wildman–Crippen MR) is 104 cm³/mol. The number of benzene rings is 1. The van der Waals surface area contributed by atoms with Gasteiger partial charge in [0.15, 0.2) is 0 Å². The van der Waals surface area contributed by atoms with Gasteiger partial charge in [-0.3, -0.25) is 4.79 Å². The fourth-order valence-corrected chi connectivity index (χ4v) is 2.29. The Balaban J connectivity index is 0.000000610. The summed E-state index contributed by atoms with van der Waals surface area (Å²) in [5, 5.41) is 2.58. The molecule has 1 N–H and O–H groups in total. The molecule has 0 saturated heterocycles. The van der Waals surface area contributed by atoms with E-state index in [2.05, 4.69) is 5.32 Å². The zero-order valence-electron chi connectivity index (χ0n) is 16.2. The normalized spacial score (nSPS) is 11.0. The standard InChI is InChI=1S/C17H17F3NO2.C5H5.Fe/c1-16(2,3)23-15(22)21-14-9-6-12(10-14)11-4-7-13(8-5-11)17(18,19)20;1-2-4-5-3-1;/h4-10H,1-3H3,(H,21,22);1-5H;/q2*-1;+2. The maximum absolute atomic E-state index is 12.5. The van der Waals surface area contributed by atoms with Gasteiger partial charge in [0.25, 0.3) is 0 Å². The summed E-state index contributed by atoms with van der Waals surface area (Å²) >= 11 is 0. The van der Waals surface area contributed by atoms with Crippen LogP contribution < -0.4 is 5.32 Å². The molecule has 0 aliphatic rings. The van der Waals surface area contributed by atoms with Crippen molar-refractivity contribution < 1.29 is 39.8 Å². The Labute approximate surface area is 179 Å². The van der Waals surface area contributed by atoms with E-state index in [-0.39, 0.29) is 17.1 Å². The minimum absolute atomic E-state index is 0. The predicted octanol–water partition coefficient (Wildman–Crippen LogP) is 6.84. The number of ether oxygens (including phenoxy) is 1. The first-order valence-corrected chi connectivity index (χ1v) is 8.66. The van der Waals surface area contributed by atoms with Crippen molar-refractivity contribution in [3.63, 3.8) is 0 Å². The molecule has 0 fully saturated rings. The molecule has 0 bridgehead atoms. The van der Waals surface area contributed by atoms with Crippen LogP contribution in [0.3, 0.4) is 0 Å². The Bertz CT molecular complexity index is 844. The van der Waals surface area contributed by atoms with Crippen LogP contribution in [0.5, 0.6) is 0 Å². The van der Waals surface area contributed by atoms with Crippen molar-refractivity contribution in [1.82, 2.24) is 0 Å². The summed E-state index contributed by atoms with van der Waals surface area (Å²) in [7, 11) is 0. The number of rotatable bonds is 2. The van der Waals surface area contributed by atoms with E-state index in [1.54, 1.807) is 39.0 Å². The van der Waals surface area contributed by atoms with Crippen LogP contribution in [0.2, 0.25) is 0 Å². The van der Waals surface area contributed by atoms with E-state index in [1.165, 1.54) is 12.1 Å². The summed E-state index contributed by atoms with van der Waals surface area (Å²) in [5.74, 6) is 0. The molecule has 0 spiro atoms. The molecule has 29 heavy (non-hydrogen) atoms. The minimum atomic E-state index is -4.35. The number of anilines is 1. The summed E-state index contributed by atoms with van der Waals surface area (Å²) in [6.45, 7) is 5.27. The smallest absolute Gasteiger partial charge is 0.487 e. The fourth-order valence-electron chi connectivity index (χ4n) is 2.29. The van der Waals surface area contributed by atoms with Gasteiger partial charge in [-0.25, -0.2) is 12.1 Å². The van der Waals surface area contributed by atoms with Gasteiger partial charge in [0.2, 0.25) is 0 Å². The van der Waals surface area contributed by atoms with Crippen molar-refractivity contribution in [3.8, 4) is 11.1 Å². The summed E-state index contributed by atoms with van der Waals surface area (Å²) < 4.78 is 42.8. The molecular weight excluding hydrogens is 423 g/mol. The molecular formula is C22H22F3FeNO2. The number of hydrogen-bond donors (Lipinski definition) is 1. The van der Waals surface area contributed by atoms with Crippen molar-refractivity contribution >= 4 is 11.8 Å². The number of nitrogens with one attached hydrogen (secondary N) is 1. The van der Waals surface area contributed by atoms with E-state index < -0.39 is 23.4 Å². The number of alkyl halides is 3. The maximum Gasteiger partial charge on any atom is 2.00 e. The Morgan fingerprint density at radius 2 is 1.59 bits per heavy atom. The molecule has 3 rings (SSSR count). The van der Waals surface area contributed by atoms with E-state index in [0.29, 0.717) is 16.8 Å². The minimum Gasteiger partial charge on any atom is -0.487 e. The van der Waals surface area contributed by atoms with Crippen LogP contribution in [0, 0.1) is 0 Å². The molecule has 0 heterocycles. The Kier molecular flexibility index (Phi) is 8.74. The quantitative estimate of drug-likeness (QED) is 0.347. The first-order chi connectivity index (χ1) is 13.0. The maximum atomic E-state index is 12.5. The second-order valence-corrected chi connectivity index (χ2v) is 7.05. The van der Waals surface area contributed by atoms with Gasteiger partial charge in [0.1, 0.15) is 0 Å². The summed E-state index contributed by atoms with van der Waals surface area (Å²) in [4.78, 5) is 11.7. The van der Waals surface area contributed by atoms with Crippen LogP contribution in [-0.2, 0) is 28.0 Å². The summed E-state index contributed by atoms with van der Waals surface area (Å²) in [6.07, 6.45) is -4.93. The van der Waals surface area contributed by atoms with Crippen LogP contribution in [0.15, 0.2) is 72.8 Å². The molecule has 1 amide bonds. The van der Waals surface area contributed by atoms with Gasteiger partial charge in [0.05, 0.1) is 11.2 Å².